The molecule has 0 aliphatic heterocycles. The lowest BCUT2D eigenvalue weighted by molar-refractivity contribution is -0.140. The maximum atomic E-state index is 11.7. The Hall–Kier alpha value is -3.13. The highest BCUT2D eigenvalue weighted by atomic mass is 16.5. The third kappa shape index (κ3) is 3.86. The zero-order chi connectivity index (χ0) is 17.6. The second-order valence-electron chi connectivity index (χ2n) is 5.93. The zero-order valence-electron chi connectivity index (χ0n) is 14.2. The fraction of sp³-hybridized carbons (Fsp3) is 0.0870. The van der Waals surface area contributed by atoms with E-state index in [1.165, 1.54) is 0 Å². The average molecular weight is 328 g/mol. The molecule has 3 rings (SSSR count). The van der Waals surface area contributed by atoms with E-state index in [9.17, 15) is 4.79 Å². The molecule has 0 aromatic heterocycles. The molecule has 3 aromatic carbocycles. The molecule has 0 unspecified atom stereocenters. The predicted molar refractivity (Wildman–Crippen MR) is 102 cm³/mol. The second-order valence-corrected chi connectivity index (χ2v) is 5.93. The quantitative estimate of drug-likeness (QED) is 0.447. The summed E-state index contributed by atoms with van der Waals surface area (Å²) in [5.74, 6) is -0.369. The van der Waals surface area contributed by atoms with Crippen molar-refractivity contribution in [3.05, 3.63) is 96.6 Å². The normalized spacial score (nSPS) is 10.3. The highest BCUT2D eigenvalue weighted by Crippen LogP contribution is 2.34. The largest absolute Gasteiger partial charge is 0.457 e. The van der Waals surface area contributed by atoms with Crippen LogP contribution in [-0.4, -0.2) is 5.97 Å². The van der Waals surface area contributed by atoms with Gasteiger partial charge in [0.05, 0.1) is 0 Å². The van der Waals surface area contributed by atoms with Crippen LogP contribution in [0.15, 0.2) is 91.0 Å². The van der Waals surface area contributed by atoms with Gasteiger partial charge in [0.1, 0.15) is 6.61 Å². The van der Waals surface area contributed by atoms with Gasteiger partial charge in [-0.25, -0.2) is 4.79 Å². The summed E-state index contributed by atoms with van der Waals surface area (Å²) in [5.41, 5.74) is 5.88. The van der Waals surface area contributed by atoms with Crippen LogP contribution < -0.4 is 0 Å². The fourth-order valence-electron chi connectivity index (χ4n) is 2.76. The number of carbonyl (C=O) groups is 1. The molecule has 0 bridgehead atoms. The maximum Gasteiger partial charge on any atom is 0.333 e. The third-order valence-electron chi connectivity index (χ3n) is 4.03. The van der Waals surface area contributed by atoms with Crippen LogP contribution in [0.25, 0.3) is 22.3 Å². The lowest BCUT2D eigenvalue weighted by Crippen LogP contribution is -2.05. The van der Waals surface area contributed by atoms with Crippen LogP contribution in [0.4, 0.5) is 0 Å². The third-order valence-corrected chi connectivity index (χ3v) is 4.03. The van der Waals surface area contributed by atoms with Gasteiger partial charge in [0.15, 0.2) is 0 Å². The van der Waals surface area contributed by atoms with Gasteiger partial charge in [-0.2, -0.15) is 0 Å². The Morgan fingerprint density at radius 2 is 1.36 bits per heavy atom. The monoisotopic (exact) mass is 328 g/mol. The molecule has 0 radical (unpaired) electrons. The molecule has 0 N–H and O–H groups in total. The van der Waals surface area contributed by atoms with Gasteiger partial charge in [0.2, 0.25) is 0 Å². The standard InChI is InChI=1S/C23H20O2/c1-17(2)23(24)25-16-19-12-6-7-14-21(19)22-15-9-8-13-20(22)18-10-4-3-5-11-18/h3-15H,1,16H2,2H3. The van der Waals surface area contributed by atoms with Gasteiger partial charge >= 0.3 is 5.97 Å². The maximum absolute atomic E-state index is 11.7. The van der Waals surface area contributed by atoms with Crippen molar-refractivity contribution in [2.24, 2.45) is 0 Å². The fourth-order valence-corrected chi connectivity index (χ4v) is 2.76. The van der Waals surface area contributed by atoms with Gasteiger partial charge in [0.25, 0.3) is 0 Å². The molecular weight excluding hydrogens is 308 g/mol. The van der Waals surface area contributed by atoms with Crippen LogP contribution in [0.1, 0.15) is 12.5 Å². The van der Waals surface area contributed by atoms with Gasteiger partial charge in [-0.3, -0.25) is 0 Å². The highest BCUT2D eigenvalue weighted by molar-refractivity contribution is 5.87. The van der Waals surface area contributed by atoms with Crippen molar-refractivity contribution in [1.82, 2.24) is 0 Å². The van der Waals surface area contributed by atoms with E-state index in [0.29, 0.717) is 5.57 Å². The summed E-state index contributed by atoms with van der Waals surface area (Å²) in [6, 6.07) is 26.6. The van der Waals surface area contributed by atoms with Crippen molar-refractivity contribution in [2.75, 3.05) is 0 Å². The van der Waals surface area contributed by atoms with E-state index in [2.05, 4.69) is 36.9 Å². The van der Waals surface area contributed by atoms with Gasteiger partial charge in [0, 0.05) is 5.57 Å². The SMILES string of the molecule is C=C(C)C(=O)OCc1ccccc1-c1ccccc1-c1ccccc1. The second kappa shape index (κ2) is 7.63. The molecule has 3 aromatic rings. The summed E-state index contributed by atoms with van der Waals surface area (Å²) in [6.45, 7) is 5.51. The Morgan fingerprint density at radius 3 is 2.04 bits per heavy atom. The summed E-state index contributed by atoms with van der Waals surface area (Å²) in [6.07, 6.45) is 0. The van der Waals surface area contributed by atoms with E-state index in [-0.39, 0.29) is 12.6 Å². The first-order valence-electron chi connectivity index (χ1n) is 8.22. The first kappa shape index (κ1) is 16.7. The molecule has 124 valence electrons. The Kier molecular flexibility index (Phi) is 5.10. The van der Waals surface area contributed by atoms with Crippen molar-refractivity contribution in [3.63, 3.8) is 0 Å². The first-order valence-corrected chi connectivity index (χ1v) is 8.22. The minimum absolute atomic E-state index is 0.227. The molecule has 25 heavy (non-hydrogen) atoms. The summed E-state index contributed by atoms with van der Waals surface area (Å²) < 4.78 is 5.36. The van der Waals surface area contributed by atoms with Crippen molar-refractivity contribution in [3.8, 4) is 22.3 Å². The molecular formula is C23H20O2. The van der Waals surface area contributed by atoms with Crippen LogP contribution in [0, 0.1) is 0 Å². The van der Waals surface area contributed by atoms with Gasteiger partial charge < -0.3 is 4.74 Å². The van der Waals surface area contributed by atoms with E-state index in [1.54, 1.807) is 6.92 Å². The van der Waals surface area contributed by atoms with E-state index in [4.69, 9.17) is 4.74 Å². The first-order chi connectivity index (χ1) is 12.2. The highest BCUT2D eigenvalue weighted by Gasteiger charge is 2.12. The van der Waals surface area contributed by atoms with E-state index < -0.39 is 0 Å². The number of carbonyl (C=O) groups excluding carboxylic acids is 1. The zero-order valence-corrected chi connectivity index (χ0v) is 14.2. The molecule has 0 saturated carbocycles. The van der Waals surface area contributed by atoms with Gasteiger partial charge in [-0.1, -0.05) is 85.4 Å². The van der Waals surface area contributed by atoms with Crippen LogP contribution in [0.2, 0.25) is 0 Å². The molecule has 0 fully saturated rings. The summed E-state index contributed by atoms with van der Waals surface area (Å²) >= 11 is 0. The molecule has 0 aliphatic carbocycles. The average Bonchev–Trinajstić information content (AvgIpc) is 2.67. The van der Waals surface area contributed by atoms with Gasteiger partial charge in [-0.05, 0) is 34.7 Å². The molecule has 2 nitrogen and oxygen atoms in total. The van der Waals surface area contributed by atoms with Crippen LogP contribution >= 0.6 is 0 Å². The number of hydrogen-bond donors (Lipinski definition) is 0. The van der Waals surface area contributed by atoms with E-state index in [0.717, 1.165) is 27.8 Å². The summed E-state index contributed by atoms with van der Waals surface area (Å²) in [7, 11) is 0. The van der Waals surface area contributed by atoms with Crippen molar-refractivity contribution >= 4 is 5.97 Å². The van der Waals surface area contributed by atoms with E-state index in [1.807, 2.05) is 48.5 Å². The molecule has 0 amide bonds. The number of rotatable bonds is 5. The molecule has 0 spiro atoms. The van der Waals surface area contributed by atoms with Crippen LogP contribution in [-0.2, 0) is 16.1 Å². The lowest BCUT2D eigenvalue weighted by atomic mass is 9.92. The Balaban J connectivity index is 2.01. The summed E-state index contributed by atoms with van der Waals surface area (Å²) in [5, 5.41) is 0. The molecule has 0 heterocycles. The number of hydrogen-bond acceptors (Lipinski definition) is 2. The number of esters is 1. The van der Waals surface area contributed by atoms with Crippen molar-refractivity contribution in [1.29, 1.82) is 0 Å². The van der Waals surface area contributed by atoms with Crippen LogP contribution in [0.3, 0.4) is 0 Å². The van der Waals surface area contributed by atoms with Crippen molar-refractivity contribution < 1.29 is 9.53 Å². The van der Waals surface area contributed by atoms with E-state index >= 15 is 0 Å². The Morgan fingerprint density at radius 1 is 0.800 bits per heavy atom. The molecule has 0 saturated heterocycles. The Labute approximate surface area is 148 Å². The predicted octanol–water partition coefficient (Wildman–Crippen LogP) is 5.64. The number of ether oxygens (including phenoxy) is 1. The van der Waals surface area contributed by atoms with Gasteiger partial charge in [-0.15, -0.1) is 0 Å². The minimum atomic E-state index is -0.369. The molecule has 0 atom stereocenters. The molecule has 0 aliphatic rings. The summed E-state index contributed by atoms with van der Waals surface area (Å²) in [4.78, 5) is 11.7. The lowest BCUT2D eigenvalue weighted by Gasteiger charge is -2.14. The molecule has 2 heteroatoms. The Bertz CT molecular complexity index is 895. The van der Waals surface area contributed by atoms with Crippen molar-refractivity contribution in [2.45, 2.75) is 13.5 Å². The van der Waals surface area contributed by atoms with Crippen LogP contribution in [0.5, 0.6) is 0 Å². The smallest absolute Gasteiger partial charge is 0.333 e. The minimum Gasteiger partial charge on any atom is -0.457 e. The topological polar surface area (TPSA) is 26.3 Å². The number of benzene rings is 3.